The van der Waals surface area contributed by atoms with Gasteiger partial charge in [0.05, 0.1) is 18.2 Å². The van der Waals surface area contributed by atoms with Crippen LogP contribution in [0.1, 0.15) is 0 Å². The van der Waals surface area contributed by atoms with E-state index in [-0.39, 0.29) is 24.8 Å². The smallest absolute Gasteiger partial charge is 0.0924 e. The molecule has 2 nitrogen and oxygen atoms in total. The zero-order chi connectivity index (χ0) is 7.52. The molecule has 0 radical (unpaired) electrons. The van der Waals surface area contributed by atoms with Crippen LogP contribution < -0.4 is 0 Å². The first-order valence-corrected chi connectivity index (χ1v) is 3.50. The van der Waals surface area contributed by atoms with Crippen LogP contribution >= 0.6 is 24.8 Å². The van der Waals surface area contributed by atoms with Crippen LogP contribution in [0.5, 0.6) is 0 Å². The maximum absolute atomic E-state index is 3.94. The molecule has 13 heavy (non-hydrogen) atoms. The highest BCUT2D eigenvalue weighted by Gasteiger charge is 1.94. The molecule has 1 aromatic carbocycles. The number of nitrogens with zero attached hydrogens (tertiary/aromatic N) is 1. The zero-order valence-electron chi connectivity index (χ0n) is 6.81. The minimum Gasteiger partial charge on any atom is -0.345 e. The normalized spacial score (nSPS) is 8.31. The Kier molecular flexibility index (Phi) is 5.19. The standard InChI is InChI=1S/C9H8N2.2ClH/c1-2-4-8(5-3-1)9-6-10-7-11-9;;/h1-7H,(H,10,11);2*1H. The summed E-state index contributed by atoms with van der Waals surface area (Å²) in [7, 11) is 0. The van der Waals surface area contributed by atoms with Gasteiger partial charge < -0.3 is 4.98 Å². The summed E-state index contributed by atoms with van der Waals surface area (Å²) in [6.07, 6.45) is 3.50. The molecule has 0 saturated heterocycles. The Morgan fingerprint density at radius 3 is 2.23 bits per heavy atom. The van der Waals surface area contributed by atoms with E-state index in [1.54, 1.807) is 6.33 Å². The molecule has 2 aromatic rings. The lowest BCUT2D eigenvalue weighted by atomic mass is 10.2. The van der Waals surface area contributed by atoms with Crippen molar-refractivity contribution in [3.63, 3.8) is 0 Å². The predicted molar refractivity (Wildman–Crippen MR) is 58.5 cm³/mol. The van der Waals surface area contributed by atoms with Crippen LogP contribution in [0.2, 0.25) is 0 Å². The lowest BCUT2D eigenvalue weighted by Crippen LogP contribution is -1.73. The van der Waals surface area contributed by atoms with E-state index in [1.807, 2.05) is 36.5 Å². The van der Waals surface area contributed by atoms with Gasteiger partial charge in [-0.25, -0.2) is 4.98 Å². The Labute approximate surface area is 89.2 Å². The first-order valence-electron chi connectivity index (χ1n) is 3.50. The van der Waals surface area contributed by atoms with Crippen LogP contribution in [0.25, 0.3) is 11.3 Å². The quantitative estimate of drug-likeness (QED) is 0.781. The molecular formula is C9H10Cl2N2. The van der Waals surface area contributed by atoms with Gasteiger partial charge in [0.15, 0.2) is 0 Å². The molecule has 4 heteroatoms. The Morgan fingerprint density at radius 1 is 1.00 bits per heavy atom. The van der Waals surface area contributed by atoms with Gasteiger partial charge in [-0.1, -0.05) is 30.3 Å². The number of hydrogen-bond donors (Lipinski definition) is 1. The van der Waals surface area contributed by atoms with Crippen molar-refractivity contribution in [2.45, 2.75) is 0 Å². The molecule has 0 aliphatic rings. The van der Waals surface area contributed by atoms with Gasteiger partial charge >= 0.3 is 0 Å². The number of aromatic nitrogens is 2. The minimum absolute atomic E-state index is 0. The van der Waals surface area contributed by atoms with E-state index in [4.69, 9.17) is 0 Å². The summed E-state index contributed by atoms with van der Waals surface area (Å²) in [6.45, 7) is 0. The van der Waals surface area contributed by atoms with Gasteiger partial charge in [0, 0.05) is 0 Å². The number of hydrogen-bond acceptors (Lipinski definition) is 1. The van der Waals surface area contributed by atoms with E-state index in [9.17, 15) is 0 Å². The molecule has 0 amide bonds. The molecule has 1 aromatic heterocycles. The van der Waals surface area contributed by atoms with Crippen molar-refractivity contribution in [2.75, 3.05) is 0 Å². The van der Waals surface area contributed by atoms with Crippen molar-refractivity contribution in [1.82, 2.24) is 9.97 Å². The second-order valence-corrected chi connectivity index (χ2v) is 2.33. The molecule has 0 bridgehead atoms. The second kappa shape index (κ2) is 5.62. The average molecular weight is 217 g/mol. The fourth-order valence-corrected chi connectivity index (χ4v) is 1.03. The summed E-state index contributed by atoms with van der Waals surface area (Å²) in [4.78, 5) is 6.99. The third kappa shape index (κ3) is 2.76. The van der Waals surface area contributed by atoms with Crippen molar-refractivity contribution >= 4 is 24.8 Å². The molecule has 0 fully saturated rings. The van der Waals surface area contributed by atoms with Gasteiger partial charge in [-0.2, -0.15) is 0 Å². The molecule has 0 aliphatic heterocycles. The van der Waals surface area contributed by atoms with Gasteiger partial charge in [0.2, 0.25) is 0 Å². The van der Waals surface area contributed by atoms with Crippen molar-refractivity contribution in [1.29, 1.82) is 0 Å². The third-order valence-electron chi connectivity index (χ3n) is 1.58. The van der Waals surface area contributed by atoms with Crippen LogP contribution in [-0.4, -0.2) is 9.97 Å². The number of rotatable bonds is 1. The van der Waals surface area contributed by atoms with Crippen molar-refractivity contribution in [3.05, 3.63) is 42.9 Å². The fraction of sp³-hybridized carbons (Fsp3) is 0. The number of H-pyrrole nitrogens is 1. The summed E-state index contributed by atoms with van der Waals surface area (Å²) in [5, 5.41) is 0. The fourth-order valence-electron chi connectivity index (χ4n) is 1.03. The Bertz CT molecular complexity index is 319. The third-order valence-corrected chi connectivity index (χ3v) is 1.58. The van der Waals surface area contributed by atoms with Crippen LogP contribution in [0.15, 0.2) is 42.9 Å². The molecular weight excluding hydrogens is 207 g/mol. The van der Waals surface area contributed by atoms with E-state index < -0.39 is 0 Å². The lowest BCUT2D eigenvalue weighted by molar-refractivity contribution is 1.31. The van der Waals surface area contributed by atoms with Gasteiger partial charge in [0.1, 0.15) is 0 Å². The zero-order valence-corrected chi connectivity index (χ0v) is 8.44. The van der Waals surface area contributed by atoms with Crippen LogP contribution in [0.4, 0.5) is 0 Å². The maximum atomic E-state index is 3.94. The minimum atomic E-state index is 0. The van der Waals surface area contributed by atoms with E-state index in [2.05, 4.69) is 9.97 Å². The predicted octanol–water partition coefficient (Wildman–Crippen LogP) is 2.92. The average Bonchev–Trinajstić information content (AvgIpc) is 2.58. The highest BCUT2D eigenvalue weighted by atomic mass is 35.5. The molecule has 0 atom stereocenters. The van der Waals surface area contributed by atoms with Crippen molar-refractivity contribution in [2.24, 2.45) is 0 Å². The molecule has 70 valence electrons. The SMILES string of the molecule is Cl.Cl.c1ccc(-c2cnc[nH]2)cc1. The van der Waals surface area contributed by atoms with Crippen LogP contribution in [0, 0.1) is 0 Å². The monoisotopic (exact) mass is 216 g/mol. The summed E-state index contributed by atoms with van der Waals surface area (Å²) >= 11 is 0. The number of halogens is 2. The maximum Gasteiger partial charge on any atom is 0.0924 e. The van der Waals surface area contributed by atoms with E-state index in [1.165, 1.54) is 5.56 Å². The highest BCUT2D eigenvalue weighted by Crippen LogP contribution is 2.13. The first-order chi connectivity index (χ1) is 5.47. The van der Waals surface area contributed by atoms with Crippen LogP contribution in [0.3, 0.4) is 0 Å². The molecule has 0 unspecified atom stereocenters. The molecule has 1 N–H and O–H groups in total. The summed E-state index contributed by atoms with van der Waals surface area (Å²) in [5.41, 5.74) is 2.23. The Balaban J connectivity index is 0.000000720. The Morgan fingerprint density at radius 2 is 1.69 bits per heavy atom. The number of aromatic amines is 1. The van der Waals surface area contributed by atoms with E-state index in [0.717, 1.165) is 5.69 Å². The van der Waals surface area contributed by atoms with Crippen molar-refractivity contribution < 1.29 is 0 Å². The van der Waals surface area contributed by atoms with Gasteiger partial charge in [-0.3, -0.25) is 0 Å². The number of nitrogens with one attached hydrogen (secondary N) is 1. The topological polar surface area (TPSA) is 28.7 Å². The molecule has 0 aliphatic carbocycles. The summed E-state index contributed by atoms with van der Waals surface area (Å²) in [5.74, 6) is 0. The van der Waals surface area contributed by atoms with Gasteiger partial charge in [0.25, 0.3) is 0 Å². The molecule has 0 saturated carbocycles. The van der Waals surface area contributed by atoms with Crippen molar-refractivity contribution in [3.8, 4) is 11.3 Å². The highest BCUT2D eigenvalue weighted by molar-refractivity contribution is 5.85. The van der Waals surface area contributed by atoms with Crippen LogP contribution in [-0.2, 0) is 0 Å². The van der Waals surface area contributed by atoms with Gasteiger partial charge in [-0.15, -0.1) is 24.8 Å². The summed E-state index contributed by atoms with van der Waals surface area (Å²) < 4.78 is 0. The summed E-state index contributed by atoms with van der Waals surface area (Å²) in [6, 6.07) is 10.1. The molecule has 0 spiro atoms. The van der Waals surface area contributed by atoms with Gasteiger partial charge in [-0.05, 0) is 5.56 Å². The molecule has 1 heterocycles. The lowest BCUT2D eigenvalue weighted by Gasteiger charge is -1.93. The van der Waals surface area contributed by atoms with E-state index in [0.29, 0.717) is 0 Å². The first kappa shape index (κ1) is 12.0. The second-order valence-electron chi connectivity index (χ2n) is 2.33. The largest absolute Gasteiger partial charge is 0.345 e. The molecule has 2 rings (SSSR count). The number of benzene rings is 1. The Hall–Kier alpha value is -0.990. The van der Waals surface area contributed by atoms with E-state index >= 15 is 0 Å². The number of imidazole rings is 1.